The van der Waals surface area contributed by atoms with E-state index in [4.69, 9.17) is 5.73 Å². The van der Waals surface area contributed by atoms with Crippen molar-refractivity contribution in [1.82, 2.24) is 9.88 Å². The van der Waals surface area contributed by atoms with Crippen LogP contribution in [0.2, 0.25) is 0 Å². The van der Waals surface area contributed by atoms with Crippen LogP contribution in [0, 0.1) is 5.92 Å². The highest BCUT2D eigenvalue weighted by atomic mass is 35.5. The number of rotatable bonds is 2. The largest absolute Gasteiger partial charge is 0.322 e. The van der Waals surface area contributed by atoms with Gasteiger partial charge < -0.3 is 10.6 Å². The van der Waals surface area contributed by atoms with Gasteiger partial charge in [0, 0.05) is 12.2 Å². The fourth-order valence-corrected chi connectivity index (χ4v) is 2.20. The van der Waals surface area contributed by atoms with Crippen molar-refractivity contribution in [3.63, 3.8) is 0 Å². The minimum absolute atomic E-state index is 0. The first kappa shape index (κ1) is 13.4. The normalized spacial score (nSPS) is 20.1. The highest BCUT2D eigenvalue weighted by molar-refractivity contribution is 5.85. The average Bonchev–Trinajstić information content (AvgIpc) is 2.30. The van der Waals surface area contributed by atoms with E-state index in [9.17, 15) is 0 Å². The number of nitrogens with zero attached hydrogens (tertiary/aromatic N) is 2. The van der Waals surface area contributed by atoms with Crippen LogP contribution >= 0.6 is 12.4 Å². The monoisotopic (exact) mass is 241 g/mol. The molecule has 3 nitrogen and oxygen atoms in total. The van der Waals surface area contributed by atoms with Crippen LogP contribution in [0.4, 0.5) is 0 Å². The summed E-state index contributed by atoms with van der Waals surface area (Å²) < 4.78 is 0. The molecule has 1 aliphatic rings. The Labute approximate surface area is 103 Å². The van der Waals surface area contributed by atoms with E-state index in [2.05, 4.69) is 16.9 Å². The molecule has 90 valence electrons. The molecule has 4 heteroatoms. The molecule has 0 aliphatic carbocycles. The summed E-state index contributed by atoms with van der Waals surface area (Å²) in [6.07, 6.45) is 4.20. The van der Waals surface area contributed by atoms with E-state index >= 15 is 0 Å². The Bertz CT molecular complexity index is 296. The van der Waals surface area contributed by atoms with Gasteiger partial charge >= 0.3 is 0 Å². The number of likely N-dealkylation sites (tertiary alicyclic amines) is 1. The lowest BCUT2D eigenvalue weighted by Gasteiger charge is -2.32. The molecule has 1 atom stereocenters. The van der Waals surface area contributed by atoms with Crippen molar-refractivity contribution in [3.8, 4) is 0 Å². The predicted octanol–water partition coefficient (Wildman–Crippen LogP) is 1.84. The van der Waals surface area contributed by atoms with Crippen molar-refractivity contribution in [2.45, 2.75) is 18.9 Å². The number of aromatic nitrogens is 1. The lowest BCUT2D eigenvalue weighted by atomic mass is 9.88. The van der Waals surface area contributed by atoms with Crippen LogP contribution in [0.15, 0.2) is 24.4 Å². The molecule has 2 N–H and O–H groups in total. The Kier molecular flexibility index (Phi) is 5.19. The van der Waals surface area contributed by atoms with Gasteiger partial charge in [-0.05, 0) is 51.0 Å². The summed E-state index contributed by atoms with van der Waals surface area (Å²) in [7, 11) is 2.17. The minimum Gasteiger partial charge on any atom is -0.322 e. The fraction of sp³-hybridized carbons (Fsp3) is 0.583. The highest BCUT2D eigenvalue weighted by Crippen LogP contribution is 2.27. The third kappa shape index (κ3) is 3.17. The smallest absolute Gasteiger partial charge is 0.0573 e. The SMILES string of the molecule is CN1CCC(C(N)c2ccccn2)CC1.Cl. The number of hydrogen-bond acceptors (Lipinski definition) is 3. The molecule has 16 heavy (non-hydrogen) atoms. The van der Waals surface area contributed by atoms with Gasteiger partial charge in [0.2, 0.25) is 0 Å². The first-order valence-corrected chi connectivity index (χ1v) is 5.62. The number of halogens is 1. The van der Waals surface area contributed by atoms with Crippen molar-refractivity contribution >= 4 is 12.4 Å². The molecule has 1 saturated heterocycles. The van der Waals surface area contributed by atoms with Crippen LogP contribution in [0.5, 0.6) is 0 Å². The zero-order valence-corrected chi connectivity index (χ0v) is 10.5. The predicted molar refractivity (Wildman–Crippen MR) is 68.6 cm³/mol. The number of hydrogen-bond donors (Lipinski definition) is 1. The molecule has 1 aliphatic heterocycles. The number of pyridine rings is 1. The lowest BCUT2D eigenvalue weighted by molar-refractivity contribution is 0.198. The molecule has 0 saturated carbocycles. The van der Waals surface area contributed by atoms with Crippen molar-refractivity contribution in [1.29, 1.82) is 0 Å². The molecule has 1 aromatic heterocycles. The second kappa shape index (κ2) is 6.18. The van der Waals surface area contributed by atoms with Crippen molar-refractivity contribution in [3.05, 3.63) is 30.1 Å². The minimum atomic E-state index is 0. The van der Waals surface area contributed by atoms with E-state index in [1.165, 1.54) is 12.8 Å². The molecule has 0 bridgehead atoms. The first-order chi connectivity index (χ1) is 7.27. The molecule has 0 amide bonds. The molecule has 0 radical (unpaired) electrons. The maximum absolute atomic E-state index is 6.23. The van der Waals surface area contributed by atoms with Gasteiger partial charge in [0.1, 0.15) is 0 Å². The quantitative estimate of drug-likeness (QED) is 0.859. The van der Waals surface area contributed by atoms with E-state index < -0.39 is 0 Å². The second-order valence-electron chi connectivity index (χ2n) is 4.42. The molecule has 1 fully saturated rings. The summed E-state index contributed by atoms with van der Waals surface area (Å²) in [6, 6.07) is 6.09. The van der Waals surface area contributed by atoms with Gasteiger partial charge in [0.25, 0.3) is 0 Å². The molecule has 0 aromatic carbocycles. The van der Waals surface area contributed by atoms with Crippen LogP contribution in [0.25, 0.3) is 0 Å². The van der Waals surface area contributed by atoms with Gasteiger partial charge in [0.15, 0.2) is 0 Å². The van der Waals surface area contributed by atoms with E-state index in [-0.39, 0.29) is 18.4 Å². The summed E-state index contributed by atoms with van der Waals surface area (Å²) in [5, 5.41) is 0. The average molecular weight is 242 g/mol. The van der Waals surface area contributed by atoms with Crippen LogP contribution in [0.3, 0.4) is 0 Å². The Hall–Kier alpha value is -0.640. The number of piperidine rings is 1. The Morgan fingerprint density at radius 1 is 1.38 bits per heavy atom. The first-order valence-electron chi connectivity index (χ1n) is 5.62. The Morgan fingerprint density at radius 3 is 2.62 bits per heavy atom. The summed E-state index contributed by atoms with van der Waals surface area (Å²) in [6.45, 7) is 2.32. The summed E-state index contributed by atoms with van der Waals surface area (Å²) in [4.78, 5) is 6.70. The van der Waals surface area contributed by atoms with Gasteiger partial charge in [-0.15, -0.1) is 12.4 Å². The molecule has 2 rings (SSSR count). The van der Waals surface area contributed by atoms with Crippen LogP contribution in [-0.4, -0.2) is 30.0 Å². The van der Waals surface area contributed by atoms with E-state index in [0.29, 0.717) is 5.92 Å². The molecule has 1 unspecified atom stereocenters. The third-order valence-corrected chi connectivity index (χ3v) is 3.30. The maximum atomic E-state index is 6.23. The molecular weight excluding hydrogens is 222 g/mol. The van der Waals surface area contributed by atoms with Crippen molar-refractivity contribution in [2.24, 2.45) is 11.7 Å². The number of nitrogens with two attached hydrogens (primary N) is 1. The third-order valence-electron chi connectivity index (χ3n) is 3.30. The molecule has 0 spiro atoms. The zero-order chi connectivity index (χ0) is 10.7. The van der Waals surface area contributed by atoms with E-state index in [1.807, 2.05) is 24.4 Å². The van der Waals surface area contributed by atoms with Gasteiger partial charge in [-0.25, -0.2) is 0 Å². The maximum Gasteiger partial charge on any atom is 0.0573 e. The second-order valence-corrected chi connectivity index (χ2v) is 4.42. The summed E-state index contributed by atoms with van der Waals surface area (Å²) in [5.74, 6) is 0.594. The Morgan fingerprint density at radius 2 is 2.06 bits per heavy atom. The van der Waals surface area contributed by atoms with Gasteiger partial charge in [-0.1, -0.05) is 6.07 Å². The molecule has 2 heterocycles. The van der Waals surface area contributed by atoms with Crippen LogP contribution < -0.4 is 5.73 Å². The van der Waals surface area contributed by atoms with Gasteiger partial charge in [0.05, 0.1) is 5.69 Å². The molecular formula is C12H20ClN3. The van der Waals surface area contributed by atoms with Crippen LogP contribution in [0.1, 0.15) is 24.6 Å². The van der Waals surface area contributed by atoms with Crippen LogP contribution in [-0.2, 0) is 0 Å². The standard InChI is InChI=1S/C12H19N3.ClH/c1-15-8-5-10(6-9-15)12(13)11-4-2-3-7-14-11;/h2-4,7,10,12H,5-6,8-9,13H2,1H3;1H. The van der Waals surface area contributed by atoms with Crippen molar-refractivity contribution in [2.75, 3.05) is 20.1 Å². The van der Waals surface area contributed by atoms with E-state index in [1.54, 1.807) is 0 Å². The lowest BCUT2D eigenvalue weighted by Crippen LogP contribution is -2.35. The summed E-state index contributed by atoms with van der Waals surface area (Å²) >= 11 is 0. The van der Waals surface area contributed by atoms with Gasteiger partial charge in [-0.2, -0.15) is 0 Å². The van der Waals surface area contributed by atoms with E-state index in [0.717, 1.165) is 18.8 Å². The van der Waals surface area contributed by atoms with Gasteiger partial charge in [-0.3, -0.25) is 4.98 Å². The topological polar surface area (TPSA) is 42.1 Å². The zero-order valence-electron chi connectivity index (χ0n) is 9.67. The summed E-state index contributed by atoms with van der Waals surface area (Å²) in [5.41, 5.74) is 7.27. The Balaban J connectivity index is 0.00000128. The fourth-order valence-electron chi connectivity index (χ4n) is 2.20. The highest BCUT2D eigenvalue weighted by Gasteiger charge is 2.24. The van der Waals surface area contributed by atoms with Crippen molar-refractivity contribution < 1.29 is 0 Å². The molecule has 1 aromatic rings.